The van der Waals surface area contributed by atoms with Crippen LogP contribution in [0.2, 0.25) is 0 Å². The largest absolute Gasteiger partial charge is 0.387 e. The van der Waals surface area contributed by atoms with Crippen LogP contribution in [0.3, 0.4) is 0 Å². The lowest BCUT2D eigenvalue weighted by Gasteiger charge is -1.98. The van der Waals surface area contributed by atoms with Gasteiger partial charge in [-0.1, -0.05) is 0 Å². The first-order valence-corrected chi connectivity index (χ1v) is 3.92. The first kappa shape index (κ1) is 9.38. The Hall–Kier alpha value is -1.71. The molecule has 0 unspecified atom stereocenters. The fourth-order valence-corrected chi connectivity index (χ4v) is 0.906. The summed E-state index contributed by atoms with van der Waals surface area (Å²) in [6.07, 6.45) is 3.41. The van der Waals surface area contributed by atoms with E-state index in [1.165, 1.54) is 0 Å². The van der Waals surface area contributed by atoms with E-state index in [9.17, 15) is 0 Å². The number of aliphatic imine (C=N–C) groups is 2. The zero-order valence-corrected chi connectivity index (χ0v) is 7.73. The van der Waals surface area contributed by atoms with Crippen molar-refractivity contribution in [2.24, 2.45) is 15.7 Å². The SMILES string of the molecule is CN=C(N=C(C)N)c1cccnc1. The van der Waals surface area contributed by atoms with E-state index in [1.807, 2.05) is 12.1 Å². The average Bonchev–Trinajstić information content (AvgIpc) is 2.15. The molecule has 0 aliphatic rings. The molecule has 0 fully saturated rings. The smallest absolute Gasteiger partial charge is 0.157 e. The van der Waals surface area contributed by atoms with Gasteiger partial charge in [-0.3, -0.25) is 9.98 Å². The Bertz CT molecular complexity index is 323. The van der Waals surface area contributed by atoms with Gasteiger partial charge < -0.3 is 5.73 Å². The third-order valence-corrected chi connectivity index (χ3v) is 1.41. The van der Waals surface area contributed by atoms with Gasteiger partial charge in [0, 0.05) is 25.0 Å². The lowest BCUT2D eigenvalue weighted by atomic mass is 10.2. The second-order valence-corrected chi connectivity index (χ2v) is 2.54. The van der Waals surface area contributed by atoms with Gasteiger partial charge in [-0.15, -0.1) is 0 Å². The van der Waals surface area contributed by atoms with Gasteiger partial charge in [0.2, 0.25) is 0 Å². The van der Waals surface area contributed by atoms with Crippen LogP contribution in [-0.2, 0) is 0 Å². The molecule has 13 heavy (non-hydrogen) atoms. The normalized spacial score (nSPS) is 13.1. The molecule has 0 bridgehead atoms. The van der Waals surface area contributed by atoms with E-state index in [4.69, 9.17) is 5.73 Å². The molecule has 2 N–H and O–H groups in total. The minimum absolute atomic E-state index is 0.490. The van der Waals surface area contributed by atoms with Crippen LogP contribution in [-0.4, -0.2) is 23.7 Å². The number of aromatic nitrogens is 1. The van der Waals surface area contributed by atoms with Crippen molar-refractivity contribution < 1.29 is 0 Å². The zero-order chi connectivity index (χ0) is 9.68. The maximum atomic E-state index is 5.45. The number of nitrogens with zero attached hydrogens (tertiary/aromatic N) is 3. The van der Waals surface area contributed by atoms with Crippen molar-refractivity contribution in [3.8, 4) is 0 Å². The van der Waals surface area contributed by atoms with Crippen LogP contribution >= 0.6 is 0 Å². The molecule has 1 heterocycles. The maximum Gasteiger partial charge on any atom is 0.157 e. The second-order valence-electron chi connectivity index (χ2n) is 2.54. The quantitative estimate of drug-likeness (QED) is 0.509. The number of hydrogen-bond donors (Lipinski definition) is 1. The van der Waals surface area contributed by atoms with Crippen molar-refractivity contribution in [1.82, 2.24) is 4.98 Å². The molecule has 1 aromatic heterocycles. The fraction of sp³-hybridized carbons (Fsp3) is 0.222. The molecule has 1 rings (SSSR count). The van der Waals surface area contributed by atoms with Gasteiger partial charge in [0.15, 0.2) is 5.84 Å². The van der Waals surface area contributed by atoms with Gasteiger partial charge in [-0.25, -0.2) is 4.99 Å². The molecule has 4 nitrogen and oxygen atoms in total. The summed E-state index contributed by atoms with van der Waals surface area (Å²) in [5.41, 5.74) is 6.33. The Kier molecular flexibility index (Phi) is 3.14. The molecule has 1 aromatic rings. The zero-order valence-electron chi connectivity index (χ0n) is 7.73. The summed E-state index contributed by atoms with van der Waals surface area (Å²) in [7, 11) is 1.68. The molecule has 68 valence electrons. The summed E-state index contributed by atoms with van der Waals surface area (Å²) in [5, 5.41) is 0. The lowest BCUT2D eigenvalue weighted by molar-refractivity contribution is 1.29. The van der Waals surface area contributed by atoms with Gasteiger partial charge in [0.25, 0.3) is 0 Å². The molecule has 0 radical (unpaired) electrons. The molecular formula is C9H12N4. The summed E-state index contributed by atoms with van der Waals surface area (Å²) in [6.45, 7) is 1.72. The van der Waals surface area contributed by atoms with Gasteiger partial charge >= 0.3 is 0 Å². The first-order chi connectivity index (χ1) is 6.24. The van der Waals surface area contributed by atoms with Gasteiger partial charge in [-0.2, -0.15) is 0 Å². The van der Waals surface area contributed by atoms with Crippen molar-refractivity contribution in [2.45, 2.75) is 6.92 Å². The third kappa shape index (κ3) is 2.66. The highest BCUT2D eigenvalue weighted by Gasteiger charge is 1.99. The molecule has 0 spiro atoms. The van der Waals surface area contributed by atoms with Crippen LogP contribution in [0.25, 0.3) is 0 Å². The molecule has 0 saturated carbocycles. The Morgan fingerprint density at radius 1 is 1.54 bits per heavy atom. The van der Waals surface area contributed by atoms with Crippen molar-refractivity contribution in [1.29, 1.82) is 0 Å². The number of hydrogen-bond acceptors (Lipinski definition) is 2. The van der Waals surface area contributed by atoms with Crippen LogP contribution < -0.4 is 5.73 Å². The molecule has 0 aliphatic heterocycles. The van der Waals surface area contributed by atoms with Crippen molar-refractivity contribution in [2.75, 3.05) is 7.05 Å². The van der Waals surface area contributed by atoms with Crippen molar-refractivity contribution in [3.05, 3.63) is 30.1 Å². The minimum Gasteiger partial charge on any atom is -0.387 e. The number of nitrogens with two attached hydrogens (primary N) is 1. The van der Waals surface area contributed by atoms with E-state index in [1.54, 1.807) is 26.4 Å². The van der Waals surface area contributed by atoms with Crippen LogP contribution in [0.4, 0.5) is 0 Å². The molecular weight excluding hydrogens is 164 g/mol. The lowest BCUT2D eigenvalue weighted by Crippen LogP contribution is -2.10. The summed E-state index contributed by atoms with van der Waals surface area (Å²) in [6, 6.07) is 3.73. The predicted octanol–water partition coefficient (Wildman–Crippen LogP) is 0.835. The van der Waals surface area contributed by atoms with E-state index in [0.717, 1.165) is 5.56 Å². The highest BCUT2D eigenvalue weighted by Crippen LogP contribution is 1.99. The summed E-state index contributed by atoms with van der Waals surface area (Å²) in [4.78, 5) is 12.0. The Morgan fingerprint density at radius 2 is 2.31 bits per heavy atom. The van der Waals surface area contributed by atoms with E-state index >= 15 is 0 Å². The Labute approximate surface area is 77.2 Å². The fourth-order valence-electron chi connectivity index (χ4n) is 0.906. The van der Waals surface area contributed by atoms with Crippen LogP contribution in [0.1, 0.15) is 12.5 Å². The summed E-state index contributed by atoms with van der Waals surface area (Å²) < 4.78 is 0. The molecule has 0 amide bonds. The number of rotatable bonds is 1. The standard InChI is InChI=1S/C9H12N4/c1-7(10)13-9(11-2)8-4-3-5-12-6-8/h3-6H,1-2H3,(H2,10,11,13). The van der Waals surface area contributed by atoms with E-state index < -0.39 is 0 Å². The van der Waals surface area contributed by atoms with E-state index in [-0.39, 0.29) is 0 Å². The summed E-state index contributed by atoms with van der Waals surface area (Å²) in [5.74, 6) is 1.09. The highest BCUT2D eigenvalue weighted by atomic mass is 14.9. The highest BCUT2D eigenvalue weighted by molar-refractivity contribution is 6.05. The molecule has 0 atom stereocenters. The summed E-state index contributed by atoms with van der Waals surface area (Å²) >= 11 is 0. The number of pyridine rings is 1. The van der Waals surface area contributed by atoms with Gasteiger partial charge in [-0.05, 0) is 19.1 Å². The molecule has 0 saturated heterocycles. The molecule has 0 aromatic carbocycles. The second kappa shape index (κ2) is 4.35. The van der Waals surface area contributed by atoms with Crippen LogP contribution in [0, 0.1) is 0 Å². The first-order valence-electron chi connectivity index (χ1n) is 3.92. The molecule has 4 heteroatoms. The Morgan fingerprint density at radius 3 is 2.77 bits per heavy atom. The Balaban J connectivity index is 3.00. The van der Waals surface area contributed by atoms with Crippen LogP contribution in [0.5, 0.6) is 0 Å². The predicted molar refractivity (Wildman–Crippen MR) is 54.0 cm³/mol. The van der Waals surface area contributed by atoms with Crippen molar-refractivity contribution >= 4 is 11.7 Å². The topological polar surface area (TPSA) is 63.6 Å². The van der Waals surface area contributed by atoms with Crippen molar-refractivity contribution in [3.63, 3.8) is 0 Å². The maximum absolute atomic E-state index is 5.45. The van der Waals surface area contributed by atoms with E-state index in [2.05, 4.69) is 15.0 Å². The number of amidine groups is 2. The average molecular weight is 176 g/mol. The van der Waals surface area contributed by atoms with Crippen LogP contribution in [0.15, 0.2) is 34.5 Å². The molecule has 0 aliphatic carbocycles. The van der Waals surface area contributed by atoms with Gasteiger partial charge in [0.05, 0.1) is 5.84 Å². The minimum atomic E-state index is 0.490. The van der Waals surface area contributed by atoms with Gasteiger partial charge in [0.1, 0.15) is 0 Å². The monoisotopic (exact) mass is 176 g/mol. The third-order valence-electron chi connectivity index (χ3n) is 1.41. The van der Waals surface area contributed by atoms with E-state index in [0.29, 0.717) is 11.7 Å².